The number of hydrogen-bond donors (Lipinski definition) is 1. The third-order valence-corrected chi connectivity index (χ3v) is 4.90. The lowest BCUT2D eigenvalue weighted by atomic mass is 9.94. The summed E-state index contributed by atoms with van der Waals surface area (Å²) in [5.41, 5.74) is 5.40. The second-order valence-corrected chi connectivity index (χ2v) is 7.03. The van der Waals surface area contributed by atoms with Crippen molar-refractivity contribution in [3.63, 3.8) is 0 Å². The molecule has 26 heavy (non-hydrogen) atoms. The highest BCUT2D eigenvalue weighted by atomic mass is 16.6. The number of aliphatic hydroxyl groups excluding tert-OH is 1. The van der Waals surface area contributed by atoms with Crippen molar-refractivity contribution < 1.29 is 19.4 Å². The van der Waals surface area contributed by atoms with Gasteiger partial charge in [0.1, 0.15) is 18.0 Å². The molecule has 2 aromatic rings. The number of aliphatic hydroxyl groups is 1. The number of hydrogen-bond acceptors (Lipinski definition) is 4. The molecule has 0 amide bonds. The minimum Gasteiger partial charge on any atom is -0.487 e. The van der Waals surface area contributed by atoms with Gasteiger partial charge in [0.25, 0.3) is 0 Å². The molecule has 3 rings (SSSR count). The second-order valence-electron chi connectivity index (χ2n) is 7.03. The van der Waals surface area contributed by atoms with Gasteiger partial charge < -0.3 is 14.6 Å². The molecule has 0 bridgehead atoms. The first-order valence-electron chi connectivity index (χ1n) is 9.13. The molecule has 1 aliphatic carbocycles. The summed E-state index contributed by atoms with van der Waals surface area (Å²) < 4.78 is 11.6. The number of benzene rings is 2. The standard InChI is InChI=1S/C22H26O4/c1-14-10-19(26-21-9-5-8-20(21)25-16(3)24)11-15(2)22(14)18-7-4-6-17(12-18)13-23/h4,6-7,10-12,20-21,23H,5,8-9,13H2,1-3H3/t20-,21-/m0/s1. The maximum atomic E-state index is 11.3. The third-order valence-electron chi connectivity index (χ3n) is 4.90. The second kappa shape index (κ2) is 7.92. The van der Waals surface area contributed by atoms with Gasteiger partial charge in [-0.3, -0.25) is 4.79 Å². The fourth-order valence-corrected chi connectivity index (χ4v) is 3.82. The van der Waals surface area contributed by atoms with Crippen LogP contribution in [0.5, 0.6) is 5.75 Å². The van der Waals surface area contributed by atoms with E-state index in [0.29, 0.717) is 0 Å². The van der Waals surface area contributed by atoms with Crippen LogP contribution in [0.2, 0.25) is 0 Å². The van der Waals surface area contributed by atoms with E-state index < -0.39 is 0 Å². The lowest BCUT2D eigenvalue weighted by Crippen LogP contribution is -2.30. The van der Waals surface area contributed by atoms with E-state index in [0.717, 1.165) is 52.8 Å². The van der Waals surface area contributed by atoms with Crippen molar-refractivity contribution in [3.8, 4) is 16.9 Å². The molecule has 0 aliphatic heterocycles. The van der Waals surface area contributed by atoms with Crippen LogP contribution in [-0.2, 0) is 16.1 Å². The van der Waals surface area contributed by atoms with Crippen molar-refractivity contribution in [1.82, 2.24) is 0 Å². The minimum atomic E-state index is -0.253. The summed E-state index contributed by atoms with van der Waals surface area (Å²) in [6.45, 7) is 5.61. The zero-order chi connectivity index (χ0) is 18.7. The fourth-order valence-electron chi connectivity index (χ4n) is 3.82. The molecule has 0 heterocycles. The van der Waals surface area contributed by atoms with Gasteiger partial charge in [0, 0.05) is 6.92 Å². The molecule has 1 aliphatic rings. The molecule has 4 nitrogen and oxygen atoms in total. The molecule has 0 unspecified atom stereocenters. The van der Waals surface area contributed by atoms with E-state index in [4.69, 9.17) is 9.47 Å². The minimum absolute atomic E-state index is 0.0341. The Labute approximate surface area is 154 Å². The van der Waals surface area contributed by atoms with Crippen LogP contribution in [0.3, 0.4) is 0 Å². The lowest BCUT2D eigenvalue weighted by molar-refractivity contribution is -0.149. The summed E-state index contributed by atoms with van der Waals surface area (Å²) in [4.78, 5) is 11.3. The Morgan fingerprint density at radius 2 is 1.81 bits per heavy atom. The van der Waals surface area contributed by atoms with Crippen LogP contribution in [-0.4, -0.2) is 23.3 Å². The highest BCUT2D eigenvalue weighted by Gasteiger charge is 2.31. The van der Waals surface area contributed by atoms with Crippen LogP contribution in [0.25, 0.3) is 11.1 Å². The Bertz CT molecular complexity index is 773. The van der Waals surface area contributed by atoms with Crippen molar-refractivity contribution in [3.05, 3.63) is 53.1 Å². The van der Waals surface area contributed by atoms with Gasteiger partial charge in [-0.25, -0.2) is 0 Å². The highest BCUT2D eigenvalue weighted by molar-refractivity contribution is 5.72. The van der Waals surface area contributed by atoms with Crippen molar-refractivity contribution in [2.24, 2.45) is 0 Å². The average Bonchev–Trinajstić information content (AvgIpc) is 3.00. The molecule has 0 spiro atoms. The van der Waals surface area contributed by atoms with Crippen LogP contribution in [0.15, 0.2) is 36.4 Å². The molecule has 0 aromatic heterocycles. The van der Waals surface area contributed by atoms with Gasteiger partial charge in [0.05, 0.1) is 6.61 Å². The number of carbonyl (C=O) groups excluding carboxylic acids is 1. The SMILES string of the molecule is CC(=O)O[C@H]1CCC[C@@H]1Oc1cc(C)c(-c2cccc(CO)c2)c(C)c1. The number of ether oxygens (including phenoxy) is 2. The van der Waals surface area contributed by atoms with E-state index in [9.17, 15) is 9.90 Å². The van der Waals surface area contributed by atoms with Gasteiger partial charge >= 0.3 is 5.97 Å². The zero-order valence-electron chi connectivity index (χ0n) is 15.6. The van der Waals surface area contributed by atoms with Crippen LogP contribution >= 0.6 is 0 Å². The van der Waals surface area contributed by atoms with Crippen molar-refractivity contribution >= 4 is 5.97 Å². The summed E-state index contributed by atoms with van der Waals surface area (Å²) >= 11 is 0. The molecule has 2 atom stereocenters. The molecule has 1 fully saturated rings. The van der Waals surface area contributed by atoms with Crippen LogP contribution < -0.4 is 4.74 Å². The van der Waals surface area contributed by atoms with Gasteiger partial charge in [-0.1, -0.05) is 18.2 Å². The largest absolute Gasteiger partial charge is 0.487 e. The molecule has 0 saturated heterocycles. The van der Waals surface area contributed by atoms with Gasteiger partial charge in [-0.15, -0.1) is 0 Å². The number of carbonyl (C=O) groups is 1. The number of rotatable bonds is 5. The van der Waals surface area contributed by atoms with Gasteiger partial charge in [0.2, 0.25) is 0 Å². The predicted molar refractivity (Wildman–Crippen MR) is 101 cm³/mol. The van der Waals surface area contributed by atoms with E-state index >= 15 is 0 Å². The third kappa shape index (κ3) is 4.07. The molecule has 1 saturated carbocycles. The summed E-state index contributed by atoms with van der Waals surface area (Å²) in [6.07, 6.45) is 2.52. The van der Waals surface area contributed by atoms with Gasteiger partial charge in [0.15, 0.2) is 0 Å². The molecule has 4 heteroatoms. The highest BCUT2D eigenvalue weighted by Crippen LogP contribution is 2.34. The maximum absolute atomic E-state index is 11.3. The molecular formula is C22H26O4. The summed E-state index contributed by atoms with van der Waals surface area (Å²) in [5, 5.41) is 9.38. The Morgan fingerprint density at radius 1 is 1.12 bits per heavy atom. The predicted octanol–water partition coefficient (Wildman–Crippen LogP) is 4.33. The Balaban J connectivity index is 1.84. The average molecular weight is 354 g/mol. The number of esters is 1. The van der Waals surface area contributed by atoms with E-state index in [1.807, 2.05) is 30.3 Å². The van der Waals surface area contributed by atoms with Crippen molar-refractivity contribution in [2.75, 3.05) is 0 Å². The fraction of sp³-hybridized carbons (Fsp3) is 0.409. The normalized spacial score (nSPS) is 19.4. The van der Waals surface area contributed by atoms with E-state index in [1.165, 1.54) is 6.92 Å². The summed E-state index contributed by atoms with van der Waals surface area (Å²) in [6, 6.07) is 12.0. The van der Waals surface area contributed by atoms with E-state index in [1.54, 1.807) is 0 Å². The first-order chi connectivity index (χ1) is 12.5. The molecule has 2 aromatic carbocycles. The Kier molecular flexibility index (Phi) is 5.62. The first kappa shape index (κ1) is 18.5. The monoisotopic (exact) mass is 354 g/mol. The summed E-state index contributed by atoms with van der Waals surface area (Å²) in [7, 11) is 0. The van der Waals surface area contributed by atoms with Crippen molar-refractivity contribution in [2.45, 2.75) is 58.8 Å². The number of aryl methyl sites for hydroxylation is 2. The molecular weight excluding hydrogens is 328 g/mol. The van der Waals surface area contributed by atoms with E-state index in [-0.39, 0.29) is 24.8 Å². The van der Waals surface area contributed by atoms with Gasteiger partial charge in [-0.05, 0) is 79.1 Å². The topological polar surface area (TPSA) is 55.8 Å². The smallest absolute Gasteiger partial charge is 0.303 e. The van der Waals surface area contributed by atoms with Gasteiger partial charge in [-0.2, -0.15) is 0 Å². The quantitative estimate of drug-likeness (QED) is 0.812. The Morgan fingerprint density at radius 3 is 2.46 bits per heavy atom. The molecule has 1 N–H and O–H groups in total. The molecule has 0 radical (unpaired) electrons. The summed E-state index contributed by atoms with van der Waals surface area (Å²) in [5.74, 6) is 0.558. The first-order valence-corrected chi connectivity index (χ1v) is 9.13. The van der Waals surface area contributed by atoms with Crippen LogP contribution in [0, 0.1) is 13.8 Å². The van der Waals surface area contributed by atoms with Crippen LogP contribution in [0.1, 0.15) is 42.9 Å². The molecule has 138 valence electrons. The lowest BCUT2D eigenvalue weighted by Gasteiger charge is -2.22. The van der Waals surface area contributed by atoms with E-state index in [2.05, 4.69) is 19.9 Å². The zero-order valence-corrected chi connectivity index (χ0v) is 15.6. The maximum Gasteiger partial charge on any atom is 0.303 e. The van der Waals surface area contributed by atoms with Crippen molar-refractivity contribution in [1.29, 1.82) is 0 Å². The van der Waals surface area contributed by atoms with Crippen LogP contribution in [0.4, 0.5) is 0 Å². The Hall–Kier alpha value is -2.33.